The van der Waals surface area contributed by atoms with Gasteiger partial charge in [-0.2, -0.15) is 0 Å². The van der Waals surface area contributed by atoms with Crippen molar-refractivity contribution < 1.29 is 19.4 Å². The molecule has 1 amide bonds. The molecule has 10 nitrogen and oxygen atoms in total. The van der Waals surface area contributed by atoms with Gasteiger partial charge in [0.25, 0.3) is 0 Å². The molecular weight excluding hydrogens is 448 g/mol. The summed E-state index contributed by atoms with van der Waals surface area (Å²) in [6.45, 7) is 9.35. The number of piperazine rings is 1. The molecule has 2 aromatic heterocycles. The largest absolute Gasteiger partial charge is 0.481 e. The van der Waals surface area contributed by atoms with Crippen molar-refractivity contribution in [3.05, 3.63) is 30.6 Å². The number of hydrogen-bond acceptors (Lipinski definition) is 8. The molecule has 10 heteroatoms. The Morgan fingerprint density at radius 1 is 1.20 bits per heavy atom. The van der Waals surface area contributed by atoms with Crippen LogP contribution in [0.25, 0.3) is 11.3 Å². The Morgan fingerprint density at radius 2 is 2.00 bits per heavy atom. The molecule has 1 N–H and O–H groups in total. The lowest BCUT2D eigenvalue weighted by Gasteiger charge is -2.33. The average molecular weight is 485 g/mol. The van der Waals surface area contributed by atoms with Crippen molar-refractivity contribution in [1.29, 1.82) is 0 Å². The Hall–Kier alpha value is -3.08. The van der Waals surface area contributed by atoms with Gasteiger partial charge < -0.3 is 24.4 Å². The van der Waals surface area contributed by atoms with Gasteiger partial charge in [-0.15, -0.1) is 0 Å². The second-order valence-electron chi connectivity index (χ2n) is 8.28. The summed E-state index contributed by atoms with van der Waals surface area (Å²) in [5, 5.41) is 9.15. The van der Waals surface area contributed by atoms with Gasteiger partial charge in [0.05, 0.1) is 44.2 Å². The summed E-state index contributed by atoms with van der Waals surface area (Å²) in [7, 11) is 1.57. The van der Waals surface area contributed by atoms with Crippen LogP contribution in [0.4, 0.5) is 11.4 Å². The predicted octanol–water partition coefficient (Wildman–Crippen LogP) is 2.20. The van der Waals surface area contributed by atoms with E-state index in [0.717, 1.165) is 38.2 Å². The minimum absolute atomic E-state index is 0.0934. The van der Waals surface area contributed by atoms with Gasteiger partial charge >= 0.3 is 0 Å². The van der Waals surface area contributed by atoms with E-state index in [4.69, 9.17) is 19.6 Å². The molecule has 190 valence electrons. The topological polar surface area (TPSA) is 104 Å². The van der Waals surface area contributed by atoms with Crippen molar-refractivity contribution in [3.63, 3.8) is 0 Å². The number of aliphatic imine (C=N–C) groups is 1. The van der Waals surface area contributed by atoms with Crippen molar-refractivity contribution in [2.75, 3.05) is 71.1 Å². The maximum Gasteiger partial charge on any atom is 0.224 e. The first-order chi connectivity index (χ1) is 17.0. The van der Waals surface area contributed by atoms with Gasteiger partial charge in [0, 0.05) is 70.6 Å². The van der Waals surface area contributed by atoms with Gasteiger partial charge in [-0.05, 0) is 18.6 Å². The fourth-order valence-electron chi connectivity index (χ4n) is 3.80. The molecule has 0 unspecified atom stereocenters. The second kappa shape index (κ2) is 13.7. The molecule has 0 aromatic carbocycles. The SMILES string of the molecule is CCCOCCN(C(C)=O)c1cc(-c2ccc(OC)nc2)ncc1N=CN1CCN(CCO)CC1. The number of pyridine rings is 2. The monoisotopic (exact) mass is 484 g/mol. The number of aromatic nitrogens is 2. The number of rotatable bonds is 12. The van der Waals surface area contributed by atoms with E-state index in [2.05, 4.69) is 26.7 Å². The zero-order valence-electron chi connectivity index (χ0n) is 20.9. The number of β-amino-alcohol motifs (C(OH)–C–C–N with tert-alkyl or cyclic N) is 1. The van der Waals surface area contributed by atoms with E-state index < -0.39 is 0 Å². The molecular formula is C25H36N6O4. The highest BCUT2D eigenvalue weighted by molar-refractivity contribution is 5.95. The van der Waals surface area contributed by atoms with E-state index in [1.165, 1.54) is 0 Å². The van der Waals surface area contributed by atoms with Crippen molar-refractivity contribution in [2.45, 2.75) is 20.3 Å². The van der Waals surface area contributed by atoms with E-state index >= 15 is 0 Å². The summed E-state index contributed by atoms with van der Waals surface area (Å²) >= 11 is 0. The Morgan fingerprint density at radius 3 is 2.63 bits per heavy atom. The number of aliphatic hydroxyl groups is 1. The van der Waals surface area contributed by atoms with Crippen LogP contribution in [0, 0.1) is 0 Å². The fourth-order valence-corrected chi connectivity index (χ4v) is 3.80. The number of amides is 1. The molecule has 1 saturated heterocycles. The summed E-state index contributed by atoms with van der Waals surface area (Å²) in [6.07, 6.45) is 6.13. The lowest BCUT2D eigenvalue weighted by molar-refractivity contribution is -0.116. The van der Waals surface area contributed by atoms with Gasteiger partial charge in [0.2, 0.25) is 11.8 Å². The summed E-state index contributed by atoms with van der Waals surface area (Å²) in [5.41, 5.74) is 2.79. The van der Waals surface area contributed by atoms with Crippen molar-refractivity contribution in [1.82, 2.24) is 19.8 Å². The molecule has 0 spiro atoms. The Labute approximate surface area is 207 Å². The predicted molar refractivity (Wildman–Crippen MR) is 136 cm³/mol. The number of anilines is 1. The maximum absolute atomic E-state index is 12.6. The van der Waals surface area contributed by atoms with Crippen molar-refractivity contribution in [2.24, 2.45) is 4.99 Å². The summed E-state index contributed by atoms with van der Waals surface area (Å²) in [6, 6.07) is 5.53. The van der Waals surface area contributed by atoms with Crippen LogP contribution in [0.15, 0.2) is 35.6 Å². The first kappa shape index (κ1) is 26.5. The number of nitrogens with zero attached hydrogens (tertiary/aromatic N) is 6. The summed E-state index contributed by atoms with van der Waals surface area (Å²) in [4.78, 5) is 32.3. The van der Waals surface area contributed by atoms with Crippen LogP contribution in [-0.4, -0.2) is 103 Å². The zero-order chi connectivity index (χ0) is 25.0. The third-order valence-corrected chi connectivity index (χ3v) is 5.76. The third-order valence-electron chi connectivity index (χ3n) is 5.76. The molecule has 1 aliphatic heterocycles. The second-order valence-corrected chi connectivity index (χ2v) is 8.28. The van der Waals surface area contributed by atoms with Gasteiger partial charge in [-0.3, -0.25) is 14.7 Å². The van der Waals surface area contributed by atoms with Gasteiger partial charge in [-0.1, -0.05) is 6.92 Å². The van der Waals surface area contributed by atoms with Crippen LogP contribution >= 0.6 is 0 Å². The van der Waals surface area contributed by atoms with Gasteiger partial charge in [-0.25, -0.2) is 9.98 Å². The first-order valence-corrected chi connectivity index (χ1v) is 12.0. The number of aliphatic hydroxyl groups excluding tert-OH is 1. The summed E-state index contributed by atoms with van der Waals surface area (Å²) in [5.74, 6) is 0.428. The highest BCUT2D eigenvalue weighted by atomic mass is 16.5. The smallest absolute Gasteiger partial charge is 0.224 e. The Balaban J connectivity index is 1.86. The highest BCUT2D eigenvalue weighted by Crippen LogP contribution is 2.32. The van der Waals surface area contributed by atoms with E-state index in [-0.39, 0.29) is 12.5 Å². The Kier molecular flexibility index (Phi) is 10.4. The molecule has 0 radical (unpaired) electrons. The van der Waals surface area contributed by atoms with Crippen molar-refractivity contribution >= 4 is 23.6 Å². The van der Waals surface area contributed by atoms with Gasteiger partial charge in [0.1, 0.15) is 5.69 Å². The number of methoxy groups -OCH3 is 1. The minimum atomic E-state index is -0.0934. The molecule has 3 heterocycles. The van der Waals surface area contributed by atoms with E-state index in [1.807, 2.05) is 18.5 Å². The number of hydrogen-bond donors (Lipinski definition) is 1. The van der Waals surface area contributed by atoms with Crippen LogP contribution in [0.3, 0.4) is 0 Å². The number of carbonyl (C=O) groups excluding carboxylic acids is 1. The molecule has 35 heavy (non-hydrogen) atoms. The summed E-state index contributed by atoms with van der Waals surface area (Å²) < 4.78 is 10.8. The quantitative estimate of drug-likeness (QED) is 0.278. The van der Waals surface area contributed by atoms with Gasteiger partial charge in [0.15, 0.2) is 0 Å². The maximum atomic E-state index is 12.6. The molecule has 0 saturated carbocycles. The van der Waals surface area contributed by atoms with Crippen LogP contribution in [0.1, 0.15) is 20.3 Å². The molecule has 2 aromatic rings. The molecule has 0 atom stereocenters. The first-order valence-electron chi connectivity index (χ1n) is 12.0. The lowest BCUT2D eigenvalue weighted by atomic mass is 10.1. The van der Waals surface area contributed by atoms with Crippen LogP contribution < -0.4 is 9.64 Å². The van der Waals surface area contributed by atoms with Crippen LogP contribution in [0.5, 0.6) is 5.88 Å². The number of carbonyl (C=O) groups is 1. The molecule has 1 fully saturated rings. The van der Waals surface area contributed by atoms with Crippen LogP contribution in [-0.2, 0) is 9.53 Å². The lowest BCUT2D eigenvalue weighted by Crippen LogP contribution is -2.46. The third kappa shape index (κ3) is 7.71. The highest BCUT2D eigenvalue weighted by Gasteiger charge is 2.19. The Bertz CT molecular complexity index is 961. The van der Waals surface area contributed by atoms with E-state index in [0.29, 0.717) is 49.3 Å². The number of ether oxygens (including phenoxy) is 2. The molecule has 0 bridgehead atoms. The zero-order valence-corrected chi connectivity index (χ0v) is 20.9. The van der Waals surface area contributed by atoms with E-state index in [9.17, 15) is 4.79 Å². The fraction of sp³-hybridized carbons (Fsp3) is 0.520. The normalized spacial score (nSPS) is 14.5. The standard InChI is InChI=1S/C25H36N6O4/c1-4-14-35-15-12-31(20(2)33)24-16-22(21-5-6-25(34-3)27-17-21)26-18-23(24)28-19-30-9-7-29(8-10-30)11-13-32/h5-6,16-19,32H,4,7-15H2,1-3H3. The molecule has 1 aliphatic rings. The van der Waals surface area contributed by atoms with E-state index in [1.54, 1.807) is 37.4 Å². The molecule has 0 aliphatic carbocycles. The van der Waals surface area contributed by atoms with Crippen molar-refractivity contribution in [3.8, 4) is 17.1 Å². The average Bonchev–Trinajstić information content (AvgIpc) is 2.88. The minimum Gasteiger partial charge on any atom is -0.481 e. The molecule has 3 rings (SSSR count). The van der Waals surface area contributed by atoms with Crippen LogP contribution in [0.2, 0.25) is 0 Å².